The molecule has 3 heteroatoms. The number of carbonyl (C=O) groups excluding carboxylic acids is 1. The van der Waals surface area contributed by atoms with Crippen LogP contribution in [0.2, 0.25) is 0 Å². The van der Waals surface area contributed by atoms with Crippen LogP contribution in [0.1, 0.15) is 10.4 Å². The molecule has 0 aliphatic rings. The van der Waals surface area contributed by atoms with Crippen molar-refractivity contribution in [1.82, 2.24) is 4.57 Å². The molecule has 154 valence electrons. The van der Waals surface area contributed by atoms with E-state index in [1.807, 2.05) is 91.0 Å². The van der Waals surface area contributed by atoms with Crippen LogP contribution < -0.4 is 5.32 Å². The second-order valence-electron chi connectivity index (χ2n) is 7.54. The lowest BCUT2D eigenvalue weighted by Gasteiger charge is -2.15. The van der Waals surface area contributed by atoms with Gasteiger partial charge in [-0.2, -0.15) is 0 Å². The monoisotopic (exact) mass is 414 g/mol. The first-order chi connectivity index (χ1) is 15.8. The van der Waals surface area contributed by atoms with Gasteiger partial charge in [0.05, 0.1) is 11.4 Å². The van der Waals surface area contributed by atoms with Crippen LogP contribution >= 0.6 is 0 Å². The van der Waals surface area contributed by atoms with Crippen LogP contribution in [0, 0.1) is 0 Å². The molecule has 32 heavy (non-hydrogen) atoms. The van der Waals surface area contributed by atoms with Gasteiger partial charge in [-0.25, -0.2) is 0 Å². The molecule has 0 radical (unpaired) electrons. The first-order valence-electron chi connectivity index (χ1n) is 10.6. The fourth-order valence-corrected chi connectivity index (χ4v) is 3.87. The van der Waals surface area contributed by atoms with Gasteiger partial charge in [0.2, 0.25) is 0 Å². The maximum absolute atomic E-state index is 12.7. The summed E-state index contributed by atoms with van der Waals surface area (Å²) in [5, 5.41) is 2.94. The Labute approximate surface area is 187 Å². The number of rotatable bonds is 5. The summed E-state index contributed by atoms with van der Waals surface area (Å²) < 4.78 is 2.24. The normalized spacial score (nSPS) is 10.6. The molecule has 0 atom stereocenters. The Hall–Kier alpha value is -4.37. The zero-order valence-electron chi connectivity index (χ0n) is 17.5. The summed E-state index contributed by atoms with van der Waals surface area (Å²) in [6.07, 6.45) is 0. The minimum atomic E-state index is -0.123. The van der Waals surface area contributed by atoms with Gasteiger partial charge in [-0.15, -0.1) is 0 Å². The van der Waals surface area contributed by atoms with Gasteiger partial charge < -0.3 is 9.88 Å². The number of nitrogens with one attached hydrogen (secondary N) is 1. The third-order valence-corrected chi connectivity index (χ3v) is 5.44. The maximum Gasteiger partial charge on any atom is 0.255 e. The van der Waals surface area contributed by atoms with Crippen molar-refractivity contribution in [1.29, 1.82) is 0 Å². The number of hydrogen-bond acceptors (Lipinski definition) is 1. The number of aromatic nitrogens is 1. The number of benzene rings is 4. The second-order valence-corrected chi connectivity index (χ2v) is 7.54. The molecule has 1 aromatic heterocycles. The Morgan fingerprint density at radius 2 is 1.00 bits per heavy atom. The molecule has 0 spiro atoms. The van der Waals surface area contributed by atoms with E-state index < -0.39 is 0 Å². The molecule has 5 aromatic rings. The zero-order chi connectivity index (χ0) is 21.8. The fraction of sp³-hybridized carbons (Fsp3) is 0. The zero-order valence-corrected chi connectivity index (χ0v) is 17.5. The van der Waals surface area contributed by atoms with E-state index in [1.165, 1.54) is 0 Å². The molecule has 0 aliphatic heterocycles. The lowest BCUT2D eigenvalue weighted by Crippen LogP contribution is -2.11. The van der Waals surface area contributed by atoms with Gasteiger partial charge in [0.1, 0.15) is 0 Å². The van der Waals surface area contributed by atoms with Crippen LogP contribution in [0.5, 0.6) is 0 Å². The van der Waals surface area contributed by atoms with Gasteiger partial charge in [-0.1, -0.05) is 78.9 Å². The second kappa shape index (κ2) is 8.78. The summed E-state index contributed by atoms with van der Waals surface area (Å²) in [4.78, 5) is 12.7. The predicted molar refractivity (Wildman–Crippen MR) is 131 cm³/mol. The first-order valence-corrected chi connectivity index (χ1v) is 10.6. The Balaban J connectivity index is 1.53. The quantitative estimate of drug-likeness (QED) is 0.328. The van der Waals surface area contributed by atoms with E-state index in [0.29, 0.717) is 5.56 Å². The lowest BCUT2D eigenvalue weighted by atomic mass is 10.1. The number of anilines is 1. The standard InChI is InChI=1S/C29H22N2O/c32-29(30-25-14-8-3-9-15-25)24-16-18-26(19-17-24)31-27(22-10-4-1-5-11-22)20-21-28(31)23-12-6-2-7-13-23/h1-21H,(H,30,32). The van der Waals surface area contributed by atoms with Crippen LogP contribution in [0.4, 0.5) is 5.69 Å². The Morgan fingerprint density at radius 3 is 1.50 bits per heavy atom. The number of hydrogen-bond donors (Lipinski definition) is 1. The van der Waals surface area contributed by atoms with Gasteiger partial charge in [-0.05, 0) is 59.7 Å². The maximum atomic E-state index is 12.7. The molecule has 0 saturated heterocycles. The average Bonchev–Trinajstić information content (AvgIpc) is 3.31. The van der Waals surface area contributed by atoms with Crippen LogP contribution in [0.3, 0.4) is 0 Å². The molecule has 0 saturated carbocycles. The molecule has 0 fully saturated rings. The molecule has 4 aromatic carbocycles. The highest BCUT2D eigenvalue weighted by atomic mass is 16.1. The van der Waals surface area contributed by atoms with Gasteiger partial charge in [0.15, 0.2) is 0 Å². The topological polar surface area (TPSA) is 34.0 Å². The van der Waals surface area contributed by atoms with E-state index in [-0.39, 0.29) is 5.91 Å². The van der Waals surface area contributed by atoms with Crippen molar-refractivity contribution in [2.75, 3.05) is 5.32 Å². The van der Waals surface area contributed by atoms with Gasteiger partial charge >= 0.3 is 0 Å². The van der Waals surface area contributed by atoms with Crippen molar-refractivity contribution in [3.05, 3.63) is 133 Å². The minimum absolute atomic E-state index is 0.123. The fourth-order valence-electron chi connectivity index (χ4n) is 3.87. The minimum Gasteiger partial charge on any atom is -0.322 e. The van der Waals surface area contributed by atoms with E-state index in [4.69, 9.17) is 0 Å². The molecular formula is C29H22N2O. The predicted octanol–water partition coefficient (Wildman–Crippen LogP) is 7.06. The molecule has 1 N–H and O–H groups in total. The molecule has 1 amide bonds. The van der Waals surface area contributed by atoms with Crippen molar-refractivity contribution in [3.63, 3.8) is 0 Å². The number of amides is 1. The summed E-state index contributed by atoms with van der Waals surface area (Å²) >= 11 is 0. The number of para-hydroxylation sites is 1. The van der Waals surface area contributed by atoms with E-state index in [9.17, 15) is 4.79 Å². The largest absolute Gasteiger partial charge is 0.322 e. The Bertz CT molecular complexity index is 1270. The summed E-state index contributed by atoms with van der Waals surface area (Å²) in [5.41, 5.74) is 6.89. The third kappa shape index (κ3) is 3.96. The average molecular weight is 415 g/mol. The highest BCUT2D eigenvalue weighted by Gasteiger charge is 2.14. The molecular weight excluding hydrogens is 392 g/mol. The smallest absolute Gasteiger partial charge is 0.255 e. The molecule has 0 aliphatic carbocycles. The van der Waals surface area contributed by atoms with Gasteiger partial charge in [0, 0.05) is 16.9 Å². The van der Waals surface area contributed by atoms with Crippen molar-refractivity contribution >= 4 is 11.6 Å². The van der Waals surface area contributed by atoms with E-state index in [2.05, 4.69) is 46.3 Å². The van der Waals surface area contributed by atoms with Crippen LogP contribution in [0.25, 0.3) is 28.2 Å². The summed E-state index contributed by atoms with van der Waals surface area (Å²) in [6.45, 7) is 0. The molecule has 3 nitrogen and oxygen atoms in total. The number of carbonyl (C=O) groups is 1. The summed E-state index contributed by atoms with van der Waals surface area (Å²) in [7, 11) is 0. The lowest BCUT2D eigenvalue weighted by molar-refractivity contribution is 0.102. The Kier molecular flexibility index (Phi) is 5.38. The van der Waals surface area contributed by atoms with E-state index in [1.54, 1.807) is 0 Å². The summed E-state index contributed by atoms with van der Waals surface area (Å²) in [6, 6.07) is 42.2. The highest BCUT2D eigenvalue weighted by Crippen LogP contribution is 2.32. The highest BCUT2D eigenvalue weighted by molar-refractivity contribution is 6.04. The molecule has 5 rings (SSSR count). The molecule has 0 bridgehead atoms. The van der Waals surface area contributed by atoms with Crippen LogP contribution in [-0.4, -0.2) is 10.5 Å². The molecule has 1 heterocycles. The van der Waals surface area contributed by atoms with Crippen molar-refractivity contribution < 1.29 is 4.79 Å². The third-order valence-electron chi connectivity index (χ3n) is 5.44. The van der Waals surface area contributed by atoms with Crippen LogP contribution in [0.15, 0.2) is 127 Å². The first kappa shape index (κ1) is 19.6. The van der Waals surface area contributed by atoms with Gasteiger partial charge in [0.25, 0.3) is 5.91 Å². The number of nitrogens with zero attached hydrogens (tertiary/aromatic N) is 1. The van der Waals surface area contributed by atoms with Gasteiger partial charge in [-0.3, -0.25) is 4.79 Å². The van der Waals surface area contributed by atoms with Crippen molar-refractivity contribution in [2.45, 2.75) is 0 Å². The molecule has 0 unspecified atom stereocenters. The van der Waals surface area contributed by atoms with E-state index in [0.717, 1.165) is 33.9 Å². The Morgan fingerprint density at radius 1 is 0.531 bits per heavy atom. The summed E-state index contributed by atoms with van der Waals surface area (Å²) in [5.74, 6) is -0.123. The van der Waals surface area contributed by atoms with Crippen molar-refractivity contribution in [3.8, 4) is 28.2 Å². The SMILES string of the molecule is O=C(Nc1ccccc1)c1ccc(-n2c(-c3ccccc3)ccc2-c2ccccc2)cc1. The van der Waals surface area contributed by atoms with E-state index >= 15 is 0 Å². The van der Waals surface area contributed by atoms with Crippen LogP contribution in [-0.2, 0) is 0 Å². The van der Waals surface area contributed by atoms with Crippen molar-refractivity contribution in [2.24, 2.45) is 0 Å².